The Morgan fingerprint density at radius 2 is 1.71 bits per heavy atom. The molecular weight excluding hydrogens is 390 g/mol. The van der Waals surface area contributed by atoms with E-state index in [0.29, 0.717) is 17.1 Å². The third kappa shape index (κ3) is 2.94. The third-order valence-electron chi connectivity index (χ3n) is 6.08. The number of nitrogens with one attached hydrogen (secondary N) is 1. The van der Waals surface area contributed by atoms with Crippen LogP contribution in [0.1, 0.15) is 34.3 Å². The zero-order valence-electron chi connectivity index (χ0n) is 16.8. The number of carbonyl (C=O) groups is 1. The summed E-state index contributed by atoms with van der Waals surface area (Å²) in [6.07, 6.45) is 2.07. The van der Waals surface area contributed by atoms with Crippen LogP contribution in [0.25, 0.3) is 11.1 Å². The second kappa shape index (κ2) is 6.60. The number of ether oxygens (including phenoxy) is 2. The number of carbonyl (C=O) groups excluding carboxylic acids is 1. The van der Waals surface area contributed by atoms with Gasteiger partial charge in [0.25, 0.3) is 11.9 Å². The first kappa shape index (κ1) is 18.0. The highest BCUT2D eigenvalue weighted by atomic mass is 16.5. The van der Waals surface area contributed by atoms with Crippen LogP contribution in [0.4, 0.5) is 0 Å². The minimum absolute atomic E-state index is 0.0832. The fourth-order valence-electron chi connectivity index (χ4n) is 4.30. The van der Waals surface area contributed by atoms with Crippen molar-refractivity contribution in [2.75, 3.05) is 6.61 Å². The molecule has 0 saturated heterocycles. The average molecular weight is 411 g/mol. The lowest BCUT2D eigenvalue weighted by molar-refractivity contribution is 0.0950. The number of aliphatic imine (C=N–C) groups is 1. The smallest absolute Gasteiger partial charge is 0.283 e. The molecule has 1 fully saturated rings. The average Bonchev–Trinajstić information content (AvgIpc) is 3.53. The Morgan fingerprint density at radius 1 is 0.968 bits per heavy atom. The van der Waals surface area contributed by atoms with Crippen molar-refractivity contribution in [1.82, 2.24) is 5.32 Å². The molecule has 1 spiro atoms. The molecule has 3 N–H and O–H groups in total. The number of amidine groups is 1. The molecule has 0 bridgehead atoms. The molecule has 1 amide bonds. The molecule has 3 aromatic rings. The second-order valence-electron chi connectivity index (χ2n) is 8.24. The predicted molar refractivity (Wildman–Crippen MR) is 117 cm³/mol. The number of benzene rings is 3. The Balaban J connectivity index is 1.50. The molecule has 31 heavy (non-hydrogen) atoms. The van der Waals surface area contributed by atoms with E-state index in [0.717, 1.165) is 35.1 Å². The first-order chi connectivity index (χ1) is 15.1. The van der Waals surface area contributed by atoms with Gasteiger partial charge in [-0.3, -0.25) is 4.79 Å². The summed E-state index contributed by atoms with van der Waals surface area (Å²) in [7, 11) is 0. The van der Waals surface area contributed by atoms with E-state index in [-0.39, 0.29) is 24.6 Å². The number of rotatable bonds is 3. The van der Waals surface area contributed by atoms with Gasteiger partial charge < -0.3 is 20.5 Å². The van der Waals surface area contributed by atoms with Crippen LogP contribution in [0.3, 0.4) is 0 Å². The van der Waals surface area contributed by atoms with Crippen LogP contribution in [-0.2, 0) is 10.3 Å². The van der Waals surface area contributed by atoms with Crippen LogP contribution >= 0.6 is 0 Å². The number of amides is 1. The lowest BCUT2D eigenvalue weighted by atomic mass is 9.79. The summed E-state index contributed by atoms with van der Waals surface area (Å²) in [4.78, 5) is 17.4. The lowest BCUT2D eigenvalue weighted by Crippen LogP contribution is -2.32. The van der Waals surface area contributed by atoms with E-state index in [1.165, 1.54) is 0 Å². The monoisotopic (exact) mass is 411 g/mol. The molecule has 0 aromatic heterocycles. The van der Waals surface area contributed by atoms with E-state index in [1.54, 1.807) is 6.07 Å². The van der Waals surface area contributed by atoms with E-state index in [9.17, 15) is 4.79 Å². The number of nitrogens with two attached hydrogens (primary N) is 1. The summed E-state index contributed by atoms with van der Waals surface area (Å²) in [5.41, 5.74) is 9.52. The second-order valence-corrected chi connectivity index (χ2v) is 8.24. The van der Waals surface area contributed by atoms with Gasteiger partial charge in [-0.15, -0.1) is 0 Å². The summed E-state index contributed by atoms with van der Waals surface area (Å²) in [6, 6.07) is 22.1. The molecule has 2 heterocycles. The van der Waals surface area contributed by atoms with E-state index in [4.69, 9.17) is 20.2 Å². The van der Waals surface area contributed by atoms with Crippen molar-refractivity contribution >= 4 is 11.9 Å². The third-order valence-corrected chi connectivity index (χ3v) is 6.08. The molecule has 6 heteroatoms. The van der Waals surface area contributed by atoms with Gasteiger partial charge in [0, 0.05) is 22.7 Å². The molecule has 1 atom stereocenters. The summed E-state index contributed by atoms with van der Waals surface area (Å²) < 4.78 is 11.9. The van der Waals surface area contributed by atoms with Crippen molar-refractivity contribution in [1.29, 1.82) is 0 Å². The van der Waals surface area contributed by atoms with E-state index in [2.05, 4.69) is 23.5 Å². The maximum absolute atomic E-state index is 12.7. The van der Waals surface area contributed by atoms with Crippen molar-refractivity contribution < 1.29 is 14.3 Å². The normalized spacial score (nSPS) is 20.8. The Bertz CT molecular complexity index is 1230. The summed E-state index contributed by atoms with van der Waals surface area (Å²) in [5, 5.41) is 3.04. The number of fused-ring (bicyclic) bond motifs is 4. The Hall–Kier alpha value is -3.80. The SMILES string of the molecule is NC1=NC2(CO1)c1cc(C(=O)NC3CC3)ccc1Oc1ccc(-c3ccccc3)cc12. The molecule has 2 aliphatic heterocycles. The molecule has 0 radical (unpaired) electrons. The summed E-state index contributed by atoms with van der Waals surface area (Å²) >= 11 is 0. The molecule has 1 saturated carbocycles. The van der Waals surface area contributed by atoms with Crippen LogP contribution in [0.5, 0.6) is 11.5 Å². The van der Waals surface area contributed by atoms with E-state index in [1.807, 2.05) is 42.5 Å². The van der Waals surface area contributed by atoms with Gasteiger partial charge in [0.15, 0.2) is 5.54 Å². The van der Waals surface area contributed by atoms with Gasteiger partial charge in [-0.2, -0.15) is 0 Å². The van der Waals surface area contributed by atoms with Crippen molar-refractivity contribution in [2.45, 2.75) is 24.4 Å². The van der Waals surface area contributed by atoms with Crippen molar-refractivity contribution in [2.24, 2.45) is 10.7 Å². The van der Waals surface area contributed by atoms with Gasteiger partial charge >= 0.3 is 0 Å². The fraction of sp³-hybridized carbons (Fsp3) is 0.200. The molecule has 6 rings (SSSR count). The maximum atomic E-state index is 12.7. The minimum Gasteiger partial charge on any atom is -0.462 e. The molecule has 1 aliphatic carbocycles. The van der Waals surface area contributed by atoms with Crippen molar-refractivity contribution in [3.8, 4) is 22.6 Å². The zero-order chi connectivity index (χ0) is 21.0. The molecule has 3 aliphatic rings. The summed E-state index contributed by atoms with van der Waals surface area (Å²) in [5.74, 6) is 1.29. The lowest BCUT2D eigenvalue weighted by Gasteiger charge is -2.34. The maximum Gasteiger partial charge on any atom is 0.283 e. The molecule has 154 valence electrons. The van der Waals surface area contributed by atoms with E-state index >= 15 is 0 Å². The van der Waals surface area contributed by atoms with Crippen LogP contribution < -0.4 is 15.8 Å². The Morgan fingerprint density at radius 3 is 2.42 bits per heavy atom. The molecular formula is C25H21N3O3. The van der Waals surface area contributed by atoms with E-state index < -0.39 is 5.54 Å². The van der Waals surface area contributed by atoms with Crippen molar-refractivity contribution in [3.63, 3.8) is 0 Å². The van der Waals surface area contributed by atoms with Gasteiger partial charge in [-0.05, 0) is 54.3 Å². The topological polar surface area (TPSA) is 85.9 Å². The highest BCUT2D eigenvalue weighted by Gasteiger charge is 2.47. The van der Waals surface area contributed by atoms with Crippen LogP contribution in [0.15, 0.2) is 71.7 Å². The molecule has 6 nitrogen and oxygen atoms in total. The first-order valence-corrected chi connectivity index (χ1v) is 10.4. The molecule has 3 aromatic carbocycles. The fourth-order valence-corrected chi connectivity index (χ4v) is 4.30. The standard InChI is InChI=1S/C25H21N3O3/c26-24-28-25(14-30-24)19-12-16(15-4-2-1-3-5-15)6-10-21(19)31-22-11-7-17(13-20(22)25)23(29)27-18-8-9-18/h1-7,10-13,18H,8-9,14H2,(H2,26,28)(H,27,29). The van der Waals surface area contributed by atoms with Gasteiger partial charge in [-0.25, -0.2) is 4.99 Å². The van der Waals surface area contributed by atoms with Gasteiger partial charge in [0.2, 0.25) is 0 Å². The van der Waals surface area contributed by atoms with Crippen LogP contribution in [0.2, 0.25) is 0 Å². The zero-order valence-corrected chi connectivity index (χ0v) is 16.8. The highest BCUT2D eigenvalue weighted by molar-refractivity contribution is 5.95. The van der Waals surface area contributed by atoms with Gasteiger partial charge in [-0.1, -0.05) is 36.4 Å². The van der Waals surface area contributed by atoms with Crippen molar-refractivity contribution in [3.05, 3.63) is 83.4 Å². The highest BCUT2D eigenvalue weighted by Crippen LogP contribution is 2.51. The van der Waals surface area contributed by atoms with Gasteiger partial charge in [0.05, 0.1) is 0 Å². The Labute approximate surface area is 179 Å². The van der Waals surface area contributed by atoms with Crippen LogP contribution in [-0.4, -0.2) is 24.6 Å². The largest absolute Gasteiger partial charge is 0.462 e. The minimum atomic E-state index is -0.854. The van der Waals surface area contributed by atoms with Crippen LogP contribution in [0, 0.1) is 0 Å². The number of nitrogens with zero attached hydrogens (tertiary/aromatic N) is 1. The quantitative estimate of drug-likeness (QED) is 0.684. The predicted octanol–water partition coefficient (Wildman–Crippen LogP) is 3.94. The molecule has 1 unspecified atom stereocenters. The number of hydrogen-bond acceptors (Lipinski definition) is 5. The first-order valence-electron chi connectivity index (χ1n) is 10.4. The van der Waals surface area contributed by atoms with Gasteiger partial charge in [0.1, 0.15) is 18.1 Å². The Kier molecular flexibility index (Phi) is 3.84. The number of hydrogen-bond donors (Lipinski definition) is 2. The summed E-state index contributed by atoms with van der Waals surface area (Å²) in [6.45, 7) is 0.258.